The van der Waals surface area contributed by atoms with Crippen molar-refractivity contribution in [2.75, 3.05) is 13.2 Å². The van der Waals surface area contributed by atoms with E-state index in [1.807, 2.05) is 0 Å². The van der Waals surface area contributed by atoms with Crippen molar-refractivity contribution in [2.45, 2.75) is 297 Å². The van der Waals surface area contributed by atoms with Crippen molar-refractivity contribution < 1.29 is 28.6 Å². The van der Waals surface area contributed by atoms with Crippen LogP contribution in [-0.2, 0) is 28.6 Å². The molecule has 0 spiro atoms. The van der Waals surface area contributed by atoms with Crippen LogP contribution in [-0.4, -0.2) is 37.2 Å². The Morgan fingerprint density at radius 2 is 0.580 bits per heavy atom. The number of allylic oxidation sites excluding steroid dienone is 12. The summed E-state index contributed by atoms with van der Waals surface area (Å²) >= 11 is 0. The number of carbonyl (C=O) groups excluding carboxylic acids is 3. The molecule has 0 fully saturated rings. The van der Waals surface area contributed by atoms with Crippen LogP contribution < -0.4 is 0 Å². The largest absolute Gasteiger partial charge is 0.462 e. The molecule has 69 heavy (non-hydrogen) atoms. The third-order valence-electron chi connectivity index (χ3n) is 12.8. The van der Waals surface area contributed by atoms with Crippen LogP contribution in [0.2, 0.25) is 0 Å². The van der Waals surface area contributed by atoms with Gasteiger partial charge in [0.25, 0.3) is 0 Å². The fraction of sp³-hybridized carbons (Fsp3) is 0.762. The predicted molar refractivity (Wildman–Crippen MR) is 298 cm³/mol. The first-order chi connectivity index (χ1) is 34.0. The molecule has 398 valence electrons. The second-order valence-electron chi connectivity index (χ2n) is 19.6. The van der Waals surface area contributed by atoms with Gasteiger partial charge in [0.1, 0.15) is 13.2 Å². The molecule has 6 nitrogen and oxygen atoms in total. The van der Waals surface area contributed by atoms with Crippen molar-refractivity contribution in [3.63, 3.8) is 0 Å². The van der Waals surface area contributed by atoms with Gasteiger partial charge >= 0.3 is 17.9 Å². The van der Waals surface area contributed by atoms with E-state index in [4.69, 9.17) is 14.2 Å². The van der Waals surface area contributed by atoms with Crippen LogP contribution in [0.3, 0.4) is 0 Å². The van der Waals surface area contributed by atoms with E-state index in [2.05, 4.69) is 93.7 Å². The maximum absolute atomic E-state index is 12.9. The molecule has 0 aliphatic carbocycles. The lowest BCUT2D eigenvalue weighted by Gasteiger charge is -2.18. The van der Waals surface area contributed by atoms with Crippen molar-refractivity contribution in [1.82, 2.24) is 0 Å². The Morgan fingerprint density at radius 1 is 0.304 bits per heavy atom. The summed E-state index contributed by atoms with van der Waals surface area (Å²) in [7, 11) is 0. The molecule has 0 rings (SSSR count). The number of hydrogen-bond donors (Lipinski definition) is 0. The lowest BCUT2D eigenvalue weighted by atomic mass is 10.0. The Bertz CT molecular complexity index is 1290. The van der Waals surface area contributed by atoms with E-state index in [0.717, 1.165) is 96.3 Å². The zero-order chi connectivity index (χ0) is 50.0. The summed E-state index contributed by atoms with van der Waals surface area (Å²) in [5.41, 5.74) is 0. The minimum absolute atomic E-state index is 0.0842. The topological polar surface area (TPSA) is 78.9 Å². The first-order valence-corrected chi connectivity index (χ1v) is 29.5. The first kappa shape index (κ1) is 65.8. The molecule has 0 amide bonds. The monoisotopic (exact) mass is 963 g/mol. The maximum Gasteiger partial charge on any atom is 0.306 e. The molecule has 0 saturated carbocycles. The van der Waals surface area contributed by atoms with Crippen molar-refractivity contribution >= 4 is 17.9 Å². The molecule has 0 aromatic rings. The molecular formula is C63H110O6. The zero-order valence-electron chi connectivity index (χ0n) is 45.6. The van der Waals surface area contributed by atoms with E-state index in [-0.39, 0.29) is 31.1 Å². The fourth-order valence-electron chi connectivity index (χ4n) is 8.31. The smallest absolute Gasteiger partial charge is 0.306 e. The first-order valence-electron chi connectivity index (χ1n) is 29.5. The normalized spacial score (nSPS) is 12.6. The number of hydrogen-bond acceptors (Lipinski definition) is 6. The van der Waals surface area contributed by atoms with Crippen LogP contribution in [0.25, 0.3) is 0 Å². The molecule has 0 aromatic carbocycles. The third kappa shape index (κ3) is 55.6. The van der Waals surface area contributed by atoms with Crippen molar-refractivity contribution in [1.29, 1.82) is 0 Å². The standard InChI is InChI=1S/C63H110O6/c1-4-7-10-13-16-19-22-25-28-31-33-35-38-41-44-47-50-53-56-62(65)68-59-60(58-67-61(64)55-52-49-46-43-40-37-34-30-27-24-21-18-15-12-9-6-3)69-63(66)57-54-51-48-45-42-39-36-32-29-26-23-20-17-14-11-8-5-2/h16-17,19-20,22,25-26,28-29,31,33,35,60H,4-15,18,21,23-24,27,30,32,34,36-59H2,1-3H3/b19-16-,20-17-,25-22-,29-26-,31-28-,35-33-. The predicted octanol–water partition coefficient (Wildman–Crippen LogP) is 19.8. The highest BCUT2D eigenvalue weighted by atomic mass is 16.6. The summed E-state index contributed by atoms with van der Waals surface area (Å²) in [4.78, 5) is 38.2. The number of esters is 3. The Kier molecular flexibility index (Phi) is 54.8. The summed E-state index contributed by atoms with van der Waals surface area (Å²) in [6, 6.07) is 0. The Hall–Kier alpha value is -3.15. The van der Waals surface area contributed by atoms with E-state index < -0.39 is 6.10 Å². The Morgan fingerprint density at radius 3 is 0.957 bits per heavy atom. The highest BCUT2D eigenvalue weighted by molar-refractivity contribution is 5.71. The number of unbranched alkanes of at least 4 members (excludes halogenated alkanes) is 33. The molecule has 0 saturated heterocycles. The molecule has 0 aliphatic rings. The molecule has 6 heteroatoms. The quantitative estimate of drug-likeness (QED) is 0.0199. The Balaban J connectivity index is 4.43. The van der Waals surface area contributed by atoms with Gasteiger partial charge in [0.2, 0.25) is 0 Å². The van der Waals surface area contributed by atoms with Gasteiger partial charge < -0.3 is 14.2 Å². The lowest BCUT2D eigenvalue weighted by Crippen LogP contribution is -2.30. The van der Waals surface area contributed by atoms with Gasteiger partial charge in [-0.3, -0.25) is 14.4 Å². The molecule has 1 atom stereocenters. The van der Waals surface area contributed by atoms with E-state index >= 15 is 0 Å². The maximum atomic E-state index is 12.9. The van der Waals surface area contributed by atoms with E-state index in [1.54, 1.807) is 0 Å². The summed E-state index contributed by atoms with van der Waals surface area (Å²) in [5.74, 6) is -0.904. The zero-order valence-corrected chi connectivity index (χ0v) is 45.6. The fourth-order valence-corrected chi connectivity index (χ4v) is 8.31. The SMILES string of the molecule is CCCCC\C=C/C=C\C=C/C=C\CCCCCCCC(=O)OCC(COC(=O)CCCCCCCCCCCCCCCCCC)OC(=O)CCCCCCCCC/C=C\C/C=C\CCCCC. The van der Waals surface area contributed by atoms with Crippen LogP contribution in [0.15, 0.2) is 72.9 Å². The van der Waals surface area contributed by atoms with Gasteiger partial charge in [0.05, 0.1) is 0 Å². The van der Waals surface area contributed by atoms with E-state index in [1.165, 1.54) is 154 Å². The number of ether oxygens (including phenoxy) is 3. The van der Waals surface area contributed by atoms with Crippen LogP contribution in [0.5, 0.6) is 0 Å². The van der Waals surface area contributed by atoms with Crippen LogP contribution in [0.1, 0.15) is 290 Å². The molecule has 0 heterocycles. The molecule has 0 N–H and O–H groups in total. The molecular weight excluding hydrogens is 853 g/mol. The molecule has 0 bridgehead atoms. The summed E-state index contributed by atoms with van der Waals surface area (Å²) < 4.78 is 16.9. The average Bonchev–Trinajstić information content (AvgIpc) is 3.35. The highest BCUT2D eigenvalue weighted by Crippen LogP contribution is 2.16. The Labute approximate surface area is 427 Å². The minimum Gasteiger partial charge on any atom is -0.462 e. The van der Waals surface area contributed by atoms with Gasteiger partial charge in [0.15, 0.2) is 6.10 Å². The van der Waals surface area contributed by atoms with Crippen molar-refractivity contribution in [3.05, 3.63) is 72.9 Å². The van der Waals surface area contributed by atoms with Gasteiger partial charge in [-0.2, -0.15) is 0 Å². The molecule has 0 aliphatic heterocycles. The minimum atomic E-state index is -0.789. The van der Waals surface area contributed by atoms with E-state index in [9.17, 15) is 14.4 Å². The van der Waals surface area contributed by atoms with Crippen LogP contribution >= 0.6 is 0 Å². The van der Waals surface area contributed by atoms with Gasteiger partial charge in [-0.15, -0.1) is 0 Å². The summed E-state index contributed by atoms with van der Waals surface area (Å²) in [6.45, 7) is 6.58. The van der Waals surface area contributed by atoms with Gasteiger partial charge in [0, 0.05) is 19.3 Å². The highest BCUT2D eigenvalue weighted by Gasteiger charge is 2.19. The second-order valence-corrected chi connectivity index (χ2v) is 19.6. The summed E-state index contributed by atoms with van der Waals surface area (Å²) in [5, 5.41) is 0. The second kappa shape index (κ2) is 57.4. The molecule has 1 unspecified atom stereocenters. The van der Waals surface area contributed by atoms with Crippen LogP contribution in [0.4, 0.5) is 0 Å². The average molecular weight is 964 g/mol. The van der Waals surface area contributed by atoms with Crippen LogP contribution in [0, 0.1) is 0 Å². The lowest BCUT2D eigenvalue weighted by molar-refractivity contribution is -0.167. The van der Waals surface area contributed by atoms with Gasteiger partial charge in [-0.05, 0) is 77.0 Å². The van der Waals surface area contributed by atoms with Gasteiger partial charge in [-0.25, -0.2) is 0 Å². The molecule has 0 aromatic heterocycles. The van der Waals surface area contributed by atoms with Crippen molar-refractivity contribution in [2.24, 2.45) is 0 Å². The number of rotatable bonds is 53. The third-order valence-corrected chi connectivity index (χ3v) is 12.8. The number of carbonyl (C=O) groups is 3. The van der Waals surface area contributed by atoms with Crippen molar-refractivity contribution in [3.8, 4) is 0 Å². The molecule has 0 radical (unpaired) electrons. The summed E-state index contributed by atoms with van der Waals surface area (Å²) in [6.07, 6.45) is 73.1. The van der Waals surface area contributed by atoms with Gasteiger partial charge in [-0.1, -0.05) is 267 Å². The van der Waals surface area contributed by atoms with E-state index in [0.29, 0.717) is 19.3 Å².